The molecule has 0 fully saturated rings. The zero-order valence-electron chi connectivity index (χ0n) is 10.8. The molecule has 2 N–H and O–H groups in total. The molecule has 19 heavy (non-hydrogen) atoms. The molecule has 0 bridgehead atoms. The fraction of sp³-hybridized carbons (Fsp3) is 0.462. The molecule has 2 aromatic rings. The predicted octanol–water partition coefficient (Wildman–Crippen LogP) is 2.88. The molecule has 0 aliphatic carbocycles. The van der Waals surface area contributed by atoms with E-state index in [1.807, 2.05) is 6.07 Å². The van der Waals surface area contributed by atoms with Crippen molar-refractivity contribution in [1.29, 1.82) is 0 Å². The van der Waals surface area contributed by atoms with Crippen LogP contribution in [0.4, 0.5) is 0 Å². The Bertz CT molecular complexity index is 569. The highest BCUT2D eigenvalue weighted by atomic mass is 35.5. The SMILES string of the molecule is CCc1nc2cc(Cl)c(Cl)cc2n1CCOCCN. The molecule has 1 aromatic heterocycles. The first-order chi connectivity index (χ1) is 9.17. The van der Waals surface area contributed by atoms with Crippen LogP contribution in [0.15, 0.2) is 12.1 Å². The lowest BCUT2D eigenvalue weighted by molar-refractivity contribution is 0.133. The summed E-state index contributed by atoms with van der Waals surface area (Å²) in [5.74, 6) is 1.00. The van der Waals surface area contributed by atoms with Gasteiger partial charge in [0.1, 0.15) is 5.82 Å². The van der Waals surface area contributed by atoms with Crippen LogP contribution in [-0.4, -0.2) is 29.3 Å². The molecule has 1 heterocycles. The summed E-state index contributed by atoms with van der Waals surface area (Å²) in [5.41, 5.74) is 7.25. The van der Waals surface area contributed by atoms with Crippen LogP contribution in [0.25, 0.3) is 11.0 Å². The Labute approximate surface area is 122 Å². The lowest BCUT2D eigenvalue weighted by Gasteiger charge is -2.08. The number of benzene rings is 1. The fourth-order valence-corrected chi connectivity index (χ4v) is 2.35. The average Bonchev–Trinajstić information content (AvgIpc) is 2.73. The third kappa shape index (κ3) is 3.20. The van der Waals surface area contributed by atoms with E-state index in [9.17, 15) is 0 Å². The van der Waals surface area contributed by atoms with Gasteiger partial charge in [-0.15, -0.1) is 0 Å². The fourth-order valence-electron chi connectivity index (χ4n) is 2.03. The molecule has 4 nitrogen and oxygen atoms in total. The molecule has 1 aromatic carbocycles. The molecule has 104 valence electrons. The summed E-state index contributed by atoms with van der Waals surface area (Å²) in [4.78, 5) is 4.57. The third-order valence-electron chi connectivity index (χ3n) is 2.91. The van der Waals surface area contributed by atoms with E-state index >= 15 is 0 Å². The maximum absolute atomic E-state index is 6.08. The second-order valence-corrected chi connectivity index (χ2v) is 5.00. The number of hydrogen-bond acceptors (Lipinski definition) is 3. The monoisotopic (exact) mass is 301 g/mol. The number of hydrogen-bond donors (Lipinski definition) is 1. The first-order valence-corrected chi connectivity index (χ1v) is 7.05. The van der Waals surface area contributed by atoms with Gasteiger partial charge in [-0.05, 0) is 12.1 Å². The number of rotatable bonds is 6. The third-order valence-corrected chi connectivity index (χ3v) is 3.63. The minimum Gasteiger partial charge on any atom is -0.378 e. The van der Waals surface area contributed by atoms with E-state index in [1.165, 1.54) is 0 Å². The van der Waals surface area contributed by atoms with E-state index in [0.29, 0.717) is 29.8 Å². The molecule has 0 aliphatic rings. The van der Waals surface area contributed by atoms with Crippen molar-refractivity contribution in [2.45, 2.75) is 19.9 Å². The van der Waals surface area contributed by atoms with Crippen molar-refractivity contribution in [3.8, 4) is 0 Å². The van der Waals surface area contributed by atoms with Crippen molar-refractivity contribution in [1.82, 2.24) is 9.55 Å². The van der Waals surface area contributed by atoms with Crippen LogP contribution in [0.1, 0.15) is 12.7 Å². The van der Waals surface area contributed by atoms with Crippen LogP contribution < -0.4 is 5.73 Å². The van der Waals surface area contributed by atoms with E-state index in [0.717, 1.165) is 29.8 Å². The molecule has 6 heteroatoms. The van der Waals surface area contributed by atoms with Gasteiger partial charge in [0.15, 0.2) is 0 Å². The first-order valence-electron chi connectivity index (χ1n) is 6.29. The molecule has 0 saturated heterocycles. The standard InChI is InChI=1S/C13H17Cl2N3O/c1-2-13-17-11-7-9(14)10(15)8-12(11)18(13)4-6-19-5-3-16/h7-8H,2-6,16H2,1H3. The number of halogens is 2. The minimum absolute atomic E-state index is 0.529. The molecular formula is C13H17Cl2N3O. The molecule has 0 unspecified atom stereocenters. The first kappa shape index (κ1) is 14.6. The Morgan fingerprint density at radius 3 is 2.68 bits per heavy atom. The van der Waals surface area contributed by atoms with E-state index in [-0.39, 0.29) is 0 Å². The van der Waals surface area contributed by atoms with Gasteiger partial charge in [0.2, 0.25) is 0 Å². The van der Waals surface area contributed by atoms with Crippen LogP contribution in [0.3, 0.4) is 0 Å². The molecule has 0 spiro atoms. The van der Waals surface area contributed by atoms with Gasteiger partial charge < -0.3 is 15.0 Å². The normalized spacial score (nSPS) is 11.4. The number of aryl methyl sites for hydroxylation is 1. The Hall–Kier alpha value is -0.810. The zero-order chi connectivity index (χ0) is 13.8. The van der Waals surface area contributed by atoms with Gasteiger partial charge in [0.05, 0.1) is 34.3 Å². The summed E-state index contributed by atoms with van der Waals surface area (Å²) in [6.07, 6.45) is 0.848. The van der Waals surface area contributed by atoms with Crippen LogP contribution >= 0.6 is 23.2 Å². The minimum atomic E-state index is 0.529. The van der Waals surface area contributed by atoms with Gasteiger partial charge in [0.25, 0.3) is 0 Å². The molecule has 0 saturated carbocycles. The highest BCUT2D eigenvalue weighted by molar-refractivity contribution is 6.42. The van der Waals surface area contributed by atoms with Crippen LogP contribution in [-0.2, 0) is 17.7 Å². The Kier molecular flexibility index (Phi) is 5.05. The van der Waals surface area contributed by atoms with Crippen molar-refractivity contribution in [3.63, 3.8) is 0 Å². The summed E-state index contributed by atoms with van der Waals surface area (Å²) in [6.45, 7) is 4.52. The van der Waals surface area contributed by atoms with E-state index in [1.54, 1.807) is 6.07 Å². The van der Waals surface area contributed by atoms with Gasteiger partial charge in [-0.3, -0.25) is 0 Å². The second kappa shape index (κ2) is 6.57. The predicted molar refractivity (Wildman–Crippen MR) is 79.0 cm³/mol. The summed E-state index contributed by atoms with van der Waals surface area (Å²) < 4.78 is 7.54. The maximum Gasteiger partial charge on any atom is 0.109 e. The van der Waals surface area contributed by atoms with Gasteiger partial charge in [-0.25, -0.2) is 4.98 Å². The highest BCUT2D eigenvalue weighted by Gasteiger charge is 2.11. The largest absolute Gasteiger partial charge is 0.378 e. The highest BCUT2D eigenvalue weighted by Crippen LogP contribution is 2.28. The maximum atomic E-state index is 6.08. The van der Waals surface area contributed by atoms with Gasteiger partial charge in [-0.1, -0.05) is 30.1 Å². The van der Waals surface area contributed by atoms with E-state index in [2.05, 4.69) is 16.5 Å². The quantitative estimate of drug-likeness (QED) is 0.835. The Morgan fingerprint density at radius 2 is 2.00 bits per heavy atom. The topological polar surface area (TPSA) is 53.1 Å². The summed E-state index contributed by atoms with van der Waals surface area (Å²) in [5, 5.41) is 1.07. The lowest BCUT2D eigenvalue weighted by atomic mass is 10.3. The summed E-state index contributed by atoms with van der Waals surface area (Å²) >= 11 is 12.1. The number of ether oxygens (including phenoxy) is 1. The Morgan fingerprint density at radius 1 is 1.26 bits per heavy atom. The lowest BCUT2D eigenvalue weighted by Crippen LogP contribution is -2.13. The van der Waals surface area contributed by atoms with Crippen molar-refractivity contribution in [3.05, 3.63) is 28.0 Å². The number of imidazole rings is 1. The van der Waals surface area contributed by atoms with Crippen molar-refractivity contribution in [2.24, 2.45) is 5.73 Å². The number of nitrogens with zero attached hydrogens (tertiary/aromatic N) is 2. The van der Waals surface area contributed by atoms with Gasteiger partial charge >= 0.3 is 0 Å². The Balaban J connectivity index is 2.31. The average molecular weight is 302 g/mol. The number of aromatic nitrogens is 2. The number of nitrogens with two attached hydrogens (primary N) is 1. The van der Waals surface area contributed by atoms with Crippen LogP contribution in [0.2, 0.25) is 10.0 Å². The number of fused-ring (bicyclic) bond motifs is 1. The van der Waals surface area contributed by atoms with Gasteiger partial charge in [0, 0.05) is 19.5 Å². The summed E-state index contributed by atoms with van der Waals surface area (Å²) in [6, 6.07) is 3.66. The van der Waals surface area contributed by atoms with E-state index < -0.39 is 0 Å². The smallest absolute Gasteiger partial charge is 0.109 e. The molecule has 0 amide bonds. The van der Waals surface area contributed by atoms with Gasteiger partial charge in [-0.2, -0.15) is 0 Å². The molecular weight excluding hydrogens is 285 g/mol. The second-order valence-electron chi connectivity index (χ2n) is 4.19. The van der Waals surface area contributed by atoms with Crippen LogP contribution in [0.5, 0.6) is 0 Å². The van der Waals surface area contributed by atoms with Crippen molar-refractivity contribution >= 4 is 34.2 Å². The molecule has 2 rings (SSSR count). The van der Waals surface area contributed by atoms with E-state index in [4.69, 9.17) is 33.7 Å². The van der Waals surface area contributed by atoms with Crippen LogP contribution in [0, 0.1) is 0 Å². The molecule has 0 radical (unpaired) electrons. The summed E-state index contributed by atoms with van der Waals surface area (Å²) in [7, 11) is 0. The molecule has 0 atom stereocenters. The van der Waals surface area contributed by atoms with Crippen molar-refractivity contribution in [2.75, 3.05) is 19.8 Å². The molecule has 0 aliphatic heterocycles. The zero-order valence-corrected chi connectivity index (χ0v) is 12.3. The van der Waals surface area contributed by atoms with Crippen molar-refractivity contribution < 1.29 is 4.74 Å².